The Morgan fingerprint density at radius 3 is 2.44 bits per heavy atom. The third-order valence-corrected chi connectivity index (χ3v) is 7.39. The lowest BCUT2D eigenvalue weighted by Crippen LogP contribution is -2.39. The third kappa shape index (κ3) is 6.83. The molecule has 0 aliphatic heterocycles. The molecule has 36 heavy (non-hydrogen) atoms. The maximum absolute atomic E-state index is 13.5. The molecule has 3 aromatic carbocycles. The molecule has 0 saturated heterocycles. The fourth-order valence-electron chi connectivity index (χ4n) is 3.13. The minimum atomic E-state index is -4.10. The number of benzene rings is 3. The van der Waals surface area contributed by atoms with E-state index in [2.05, 4.69) is 10.5 Å². The molecule has 0 heterocycles. The van der Waals surface area contributed by atoms with E-state index in [1.54, 1.807) is 42.5 Å². The van der Waals surface area contributed by atoms with Gasteiger partial charge in [-0.2, -0.15) is 5.10 Å². The first-order valence-corrected chi connectivity index (χ1v) is 13.4. The lowest BCUT2D eigenvalue weighted by atomic mass is 10.2. The highest BCUT2D eigenvalue weighted by Crippen LogP contribution is 2.27. The van der Waals surface area contributed by atoms with Gasteiger partial charge in [-0.25, -0.2) is 13.8 Å². The van der Waals surface area contributed by atoms with Crippen molar-refractivity contribution in [3.8, 4) is 5.75 Å². The minimum Gasteiger partial charge on any atom is -0.494 e. The van der Waals surface area contributed by atoms with Gasteiger partial charge in [0.1, 0.15) is 12.3 Å². The molecular formula is C24H24N4O6S2. The number of nitro benzene ring substituents is 1. The Kier molecular flexibility index (Phi) is 9.03. The molecule has 3 aromatic rings. The van der Waals surface area contributed by atoms with E-state index in [-0.39, 0.29) is 16.3 Å². The molecule has 1 N–H and O–H groups in total. The van der Waals surface area contributed by atoms with Gasteiger partial charge in [0.25, 0.3) is 21.6 Å². The largest absolute Gasteiger partial charge is 0.494 e. The van der Waals surface area contributed by atoms with Gasteiger partial charge in [-0.15, -0.1) is 11.8 Å². The van der Waals surface area contributed by atoms with Gasteiger partial charge in [0.05, 0.1) is 28.3 Å². The van der Waals surface area contributed by atoms with Crippen LogP contribution in [0, 0.1) is 10.1 Å². The number of ether oxygens (including phenoxy) is 1. The monoisotopic (exact) mass is 528 g/mol. The van der Waals surface area contributed by atoms with Gasteiger partial charge in [0.15, 0.2) is 0 Å². The quantitative estimate of drug-likeness (QED) is 0.172. The topological polar surface area (TPSA) is 131 Å². The molecule has 0 unspecified atom stereocenters. The van der Waals surface area contributed by atoms with Crippen molar-refractivity contribution >= 4 is 45.3 Å². The SMILES string of the molecule is CCOc1ccc(N(CC(=O)N/N=C\c2cccc([N+](=O)[O-])c2)S(=O)(=O)c2ccc(SC)cc2)cc1. The van der Waals surface area contributed by atoms with Crippen molar-refractivity contribution in [3.05, 3.63) is 88.5 Å². The van der Waals surface area contributed by atoms with Crippen molar-refractivity contribution in [2.45, 2.75) is 16.7 Å². The second-order valence-corrected chi connectivity index (χ2v) is 10.0. The number of non-ortho nitro benzene ring substituents is 1. The van der Waals surface area contributed by atoms with Crippen molar-refractivity contribution in [2.75, 3.05) is 23.7 Å². The molecular weight excluding hydrogens is 504 g/mol. The number of rotatable bonds is 11. The fourth-order valence-corrected chi connectivity index (χ4v) is 4.96. The number of nitrogens with one attached hydrogen (secondary N) is 1. The van der Waals surface area contributed by atoms with Gasteiger partial charge in [0.2, 0.25) is 0 Å². The number of amides is 1. The molecule has 1 amide bonds. The number of nitrogens with zero attached hydrogens (tertiary/aromatic N) is 3. The number of hydrazone groups is 1. The maximum atomic E-state index is 13.5. The molecule has 0 saturated carbocycles. The molecule has 3 rings (SSSR count). The summed E-state index contributed by atoms with van der Waals surface area (Å²) in [5.41, 5.74) is 2.83. The zero-order chi connectivity index (χ0) is 26.1. The van der Waals surface area contributed by atoms with Crippen molar-refractivity contribution in [2.24, 2.45) is 5.10 Å². The van der Waals surface area contributed by atoms with Gasteiger partial charge >= 0.3 is 0 Å². The maximum Gasteiger partial charge on any atom is 0.270 e. The van der Waals surface area contributed by atoms with Crippen LogP contribution >= 0.6 is 11.8 Å². The van der Waals surface area contributed by atoms with E-state index in [9.17, 15) is 23.3 Å². The van der Waals surface area contributed by atoms with Crippen molar-refractivity contribution in [3.63, 3.8) is 0 Å². The molecule has 0 radical (unpaired) electrons. The highest BCUT2D eigenvalue weighted by Gasteiger charge is 2.27. The van der Waals surface area contributed by atoms with Crippen LogP contribution in [-0.2, 0) is 14.8 Å². The summed E-state index contributed by atoms with van der Waals surface area (Å²) in [5.74, 6) is -0.135. The predicted octanol–water partition coefficient (Wildman–Crippen LogP) is 4.06. The number of carbonyl (C=O) groups excluding carboxylic acids is 1. The van der Waals surface area contributed by atoms with E-state index in [1.165, 1.54) is 48.3 Å². The van der Waals surface area contributed by atoms with Gasteiger partial charge in [-0.3, -0.25) is 19.2 Å². The van der Waals surface area contributed by atoms with Gasteiger partial charge in [-0.05, 0) is 61.7 Å². The number of sulfonamides is 1. The van der Waals surface area contributed by atoms with E-state index < -0.39 is 27.4 Å². The molecule has 0 atom stereocenters. The van der Waals surface area contributed by atoms with Crippen LogP contribution < -0.4 is 14.5 Å². The summed E-state index contributed by atoms with van der Waals surface area (Å²) >= 11 is 1.48. The Labute approximate surface area is 213 Å². The third-order valence-electron chi connectivity index (χ3n) is 4.85. The fraction of sp³-hybridized carbons (Fsp3) is 0.167. The molecule has 0 fully saturated rings. The van der Waals surface area contributed by atoms with E-state index in [0.717, 1.165) is 9.20 Å². The van der Waals surface area contributed by atoms with Crippen LogP contribution in [0.25, 0.3) is 0 Å². The lowest BCUT2D eigenvalue weighted by molar-refractivity contribution is -0.384. The highest BCUT2D eigenvalue weighted by molar-refractivity contribution is 7.98. The average Bonchev–Trinajstić information content (AvgIpc) is 2.88. The minimum absolute atomic E-state index is 0.0297. The zero-order valence-corrected chi connectivity index (χ0v) is 21.2. The molecule has 12 heteroatoms. The molecule has 0 aromatic heterocycles. The van der Waals surface area contributed by atoms with Crippen LogP contribution in [0.1, 0.15) is 12.5 Å². The molecule has 0 aliphatic rings. The van der Waals surface area contributed by atoms with Crippen molar-refractivity contribution < 1.29 is 22.9 Å². The number of hydrogen-bond donors (Lipinski definition) is 1. The van der Waals surface area contributed by atoms with Gasteiger partial charge in [-0.1, -0.05) is 12.1 Å². The second kappa shape index (κ2) is 12.2. The molecule has 0 bridgehead atoms. The standard InChI is InChI=1S/C24H24N4O6S2/c1-3-34-21-9-7-19(8-10-21)27(36(32,33)23-13-11-22(35-2)12-14-23)17-24(29)26-25-16-18-5-4-6-20(15-18)28(30)31/h4-16H,3,17H2,1-2H3,(H,26,29)/b25-16-. The molecule has 0 spiro atoms. The predicted molar refractivity (Wildman–Crippen MR) is 139 cm³/mol. The number of thioether (sulfide) groups is 1. The summed E-state index contributed by atoms with van der Waals surface area (Å²) in [6.45, 7) is 1.74. The first kappa shape index (κ1) is 26.7. The second-order valence-electron chi connectivity index (χ2n) is 7.26. The summed E-state index contributed by atoms with van der Waals surface area (Å²) in [7, 11) is -4.10. The van der Waals surface area contributed by atoms with Crippen LogP contribution in [0.5, 0.6) is 5.75 Å². The molecule has 10 nitrogen and oxygen atoms in total. The van der Waals surface area contributed by atoms with Crippen LogP contribution in [0.3, 0.4) is 0 Å². The van der Waals surface area contributed by atoms with Gasteiger partial charge < -0.3 is 4.74 Å². The van der Waals surface area contributed by atoms with Crippen LogP contribution in [-0.4, -0.2) is 44.9 Å². The van der Waals surface area contributed by atoms with Crippen LogP contribution in [0.2, 0.25) is 0 Å². The Bertz CT molecular complexity index is 1340. The Hall–Kier alpha value is -3.90. The van der Waals surface area contributed by atoms with Gasteiger partial charge in [0, 0.05) is 22.6 Å². The Morgan fingerprint density at radius 1 is 1.14 bits per heavy atom. The highest BCUT2D eigenvalue weighted by atomic mass is 32.2. The number of anilines is 1. The smallest absolute Gasteiger partial charge is 0.270 e. The summed E-state index contributed by atoms with van der Waals surface area (Å²) in [6.07, 6.45) is 3.12. The summed E-state index contributed by atoms with van der Waals surface area (Å²) in [4.78, 5) is 24.0. The first-order valence-electron chi connectivity index (χ1n) is 10.7. The van der Waals surface area contributed by atoms with Crippen LogP contribution in [0.4, 0.5) is 11.4 Å². The summed E-state index contributed by atoms with van der Waals surface area (Å²) in [5, 5.41) is 14.7. The van der Waals surface area contributed by atoms with E-state index in [4.69, 9.17) is 4.74 Å². The lowest BCUT2D eigenvalue weighted by Gasteiger charge is -2.24. The van der Waals surface area contributed by atoms with E-state index in [0.29, 0.717) is 17.9 Å². The summed E-state index contributed by atoms with van der Waals surface area (Å²) < 4.78 is 33.4. The van der Waals surface area contributed by atoms with Crippen LogP contribution in [0.15, 0.2) is 87.7 Å². The molecule has 0 aliphatic carbocycles. The normalized spacial score (nSPS) is 11.3. The Morgan fingerprint density at radius 2 is 1.83 bits per heavy atom. The van der Waals surface area contributed by atoms with Crippen molar-refractivity contribution in [1.29, 1.82) is 0 Å². The number of carbonyl (C=O) groups is 1. The Balaban J connectivity index is 1.84. The zero-order valence-electron chi connectivity index (χ0n) is 19.5. The average molecular weight is 529 g/mol. The van der Waals surface area contributed by atoms with Crippen molar-refractivity contribution in [1.82, 2.24) is 5.43 Å². The number of hydrogen-bond acceptors (Lipinski definition) is 8. The molecule has 188 valence electrons. The first-order chi connectivity index (χ1) is 17.2. The van der Waals surface area contributed by atoms with E-state index in [1.807, 2.05) is 13.2 Å². The van der Waals surface area contributed by atoms with E-state index >= 15 is 0 Å². The summed E-state index contributed by atoms with van der Waals surface area (Å²) in [6, 6.07) is 18.4. The number of nitro groups is 1.